The second-order valence-electron chi connectivity index (χ2n) is 2.62. The fourth-order valence-electron chi connectivity index (χ4n) is 0.853. The number of epoxide rings is 1. The number of hydrogen-bond acceptors (Lipinski definition) is 3. The van der Waals surface area contributed by atoms with Crippen LogP contribution in [0.15, 0.2) is 0 Å². The van der Waals surface area contributed by atoms with E-state index in [0.717, 1.165) is 0 Å². The van der Waals surface area contributed by atoms with Crippen LogP contribution < -0.4 is 0 Å². The molecule has 0 aliphatic carbocycles. The summed E-state index contributed by atoms with van der Waals surface area (Å²) < 4.78 is 8.49. The summed E-state index contributed by atoms with van der Waals surface area (Å²) in [5.41, 5.74) is 0. The van der Waals surface area contributed by atoms with Gasteiger partial charge in [-0.1, -0.05) is 23.2 Å². The number of ether oxygens (including phenoxy) is 2. The van der Waals surface area contributed by atoms with Crippen LogP contribution in [0.4, 0.5) is 0 Å². The third kappa shape index (κ3) is 2.37. The summed E-state index contributed by atoms with van der Waals surface area (Å²) in [4.78, 5) is 0. The quantitative estimate of drug-likeness (QED) is 0.456. The number of aliphatic hydroxyl groups is 1. The molecule has 1 aliphatic heterocycles. The molecular weight excluding hydrogens is 226 g/mol. The number of hydrogen-bond donors (Lipinski definition) is 1. The molecule has 0 spiro atoms. The molecule has 1 rings (SSSR count). The van der Waals surface area contributed by atoms with Crippen molar-refractivity contribution in [2.45, 2.75) is 23.3 Å². The number of halogens is 3. The van der Waals surface area contributed by atoms with E-state index in [-0.39, 0.29) is 12.5 Å². The van der Waals surface area contributed by atoms with Gasteiger partial charge >= 0.3 is 5.97 Å². The van der Waals surface area contributed by atoms with E-state index in [9.17, 15) is 5.11 Å². The second kappa shape index (κ2) is 3.48. The molecule has 0 aromatic carbocycles. The van der Waals surface area contributed by atoms with Crippen LogP contribution in [0, 0.1) is 0 Å². The SMILES string of the molecule is CC(Cl)(Cl)C1OC1(O)OCCCl. The van der Waals surface area contributed by atoms with Crippen LogP contribution >= 0.6 is 34.8 Å². The monoisotopic (exact) mass is 234 g/mol. The van der Waals surface area contributed by atoms with Crippen LogP contribution in [0.3, 0.4) is 0 Å². The van der Waals surface area contributed by atoms with E-state index < -0.39 is 16.4 Å². The minimum Gasteiger partial charge on any atom is -0.341 e. The van der Waals surface area contributed by atoms with Gasteiger partial charge in [-0.3, -0.25) is 0 Å². The molecule has 0 aromatic rings. The first kappa shape index (κ1) is 10.8. The van der Waals surface area contributed by atoms with Crippen LogP contribution in [0.1, 0.15) is 6.92 Å². The van der Waals surface area contributed by atoms with Gasteiger partial charge in [0.25, 0.3) is 0 Å². The van der Waals surface area contributed by atoms with Crippen LogP contribution in [0.2, 0.25) is 0 Å². The molecule has 12 heavy (non-hydrogen) atoms. The molecule has 0 amide bonds. The maximum Gasteiger partial charge on any atom is 0.312 e. The molecule has 0 radical (unpaired) electrons. The van der Waals surface area contributed by atoms with Crippen LogP contribution in [-0.4, -0.2) is 34.0 Å². The Bertz CT molecular complexity index is 170. The van der Waals surface area contributed by atoms with Gasteiger partial charge in [-0.15, -0.1) is 11.6 Å². The minimum atomic E-state index is -1.65. The second-order valence-corrected chi connectivity index (χ2v) is 4.76. The van der Waals surface area contributed by atoms with Gasteiger partial charge in [0.2, 0.25) is 0 Å². The fraction of sp³-hybridized carbons (Fsp3) is 1.00. The molecule has 1 aliphatic rings. The molecule has 1 fully saturated rings. The number of rotatable bonds is 4. The molecule has 1 saturated heterocycles. The van der Waals surface area contributed by atoms with E-state index >= 15 is 0 Å². The van der Waals surface area contributed by atoms with Crippen molar-refractivity contribution in [2.24, 2.45) is 0 Å². The van der Waals surface area contributed by atoms with Crippen LogP contribution in [-0.2, 0) is 9.47 Å². The van der Waals surface area contributed by atoms with Gasteiger partial charge < -0.3 is 14.6 Å². The maximum atomic E-state index is 9.38. The van der Waals surface area contributed by atoms with Gasteiger partial charge in [0, 0.05) is 5.88 Å². The Hall–Kier alpha value is 0.750. The standard InChI is InChI=1S/C6H9Cl3O3/c1-5(8,9)4-6(10,12-4)11-3-2-7/h4,10H,2-3H2,1H3. The number of alkyl halides is 3. The Balaban J connectivity index is 2.38. The molecule has 2 atom stereocenters. The highest BCUT2D eigenvalue weighted by Crippen LogP contribution is 2.47. The summed E-state index contributed by atoms with van der Waals surface area (Å²) in [6.07, 6.45) is -0.712. The van der Waals surface area contributed by atoms with Crippen molar-refractivity contribution in [3.63, 3.8) is 0 Å². The Kier molecular flexibility index (Phi) is 3.14. The Morgan fingerprint density at radius 3 is 2.58 bits per heavy atom. The van der Waals surface area contributed by atoms with Gasteiger partial charge in [0.05, 0.1) is 6.61 Å². The summed E-state index contributed by atoms with van der Waals surface area (Å²) >= 11 is 16.7. The van der Waals surface area contributed by atoms with Crippen molar-refractivity contribution in [1.82, 2.24) is 0 Å². The molecule has 3 nitrogen and oxygen atoms in total. The third-order valence-corrected chi connectivity index (χ3v) is 1.96. The summed E-state index contributed by atoms with van der Waals surface area (Å²) in [5.74, 6) is -1.37. The molecule has 1 N–H and O–H groups in total. The molecule has 6 heteroatoms. The van der Waals surface area contributed by atoms with Gasteiger partial charge in [0.15, 0.2) is 6.10 Å². The third-order valence-electron chi connectivity index (χ3n) is 1.41. The first-order chi connectivity index (χ1) is 5.40. The van der Waals surface area contributed by atoms with Crippen molar-refractivity contribution in [3.05, 3.63) is 0 Å². The van der Waals surface area contributed by atoms with Crippen molar-refractivity contribution in [1.29, 1.82) is 0 Å². The van der Waals surface area contributed by atoms with Gasteiger partial charge in [-0.25, -0.2) is 0 Å². The summed E-state index contributed by atoms with van der Waals surface area (Å²) in [6, 6.07) is 0. The lowest BCUT2D eigenvalue weighted by molar-refractivity contribution is -0.190. The van der Waals surface area contributed by atoms with Gasteiger partial charge in [-0.2, -0.15) is 0 Å². The lowest BCUT2D eigenvalue weighted by atomic mass is 10.3. The van der Waals surface area contributed by atoms with Gasteiger partial charge in [0.1, 0.15) is 4.33 Å². The normalized spacial score (nSPS) is 35.2. The smallest absolute Gasteiger partial charge is 0.312 e. The highest BCUT2D eigenvalue weighted by molar-refractivity contribution is 6.48. The molecule has 0 bridgehead atoms. The predicted octanol–water partition coefficient (Wildman–Crippen LogP) is 1.48. The van der Waals surface area contributed by atoms with E-state index in [2.05, 4.69) is 0 Å². The summed E-state index contributed by atoms with van der Waals surface area (Å²) in [7, 11) is 0. The average Bonchev–Trinajstić information content (AvgIpc) is 2.59. The average molecular weight is 235 g/mol. The summed E-state index contributed by atoms with van der Waals surface area (Å²) in [6.45, 7) is 1.71. The maximum absolute atomic E-state index is 9.38. The zero-order valence-corrected chi connectivity index (χ0v) is 8.66. The molecule has 0 aromatic heterocycles. The van der Waals surface area contributed by atoms with Crippen molar-refractivity contribution >= 4 is 34.8 Å². The fourth-order valence-corrected chi connectivity index (χ4v) is 1.30. The van der Waals surface area contributed by atoms with E-state index in [1.165, 1.54) is 6.92 Å². The van der Waals surface area contributed by atoms with Crippen molar-refractivity contribution in [2.75, 3.05) is 12.5 Å². The minimum absolute atomic E-state index is 0.193. The zero-order valence-electron chi connectivity index (χ0n) is 6.39. The Morgan fingerprint density at radius 1 is 1.67 bits per heavy atom. The van der Waals surface area contributed by atoms with Crippen LogP contribution in [0.25, 0.3) is 0 Å². The molecule has 72 valence electrons. The van der Waals surface area contributed by atoms with E-state index in [4.69, 9.17) is 44.3 Å². The van der Waals surface area contributed by atoms with Crippen molar-refractivity contribution < 1.29 is 14.6 Å². The largest absolute Gasteiger partial charge is 0.341 e. The lowest BCUT2D eigenvalue weighted by Gasteiger charge is -2.11. The first-order valence-corrected chi connectivity index (χ1v) is 4.67. The first-order valence-electron chi connectivity index (χ1n) is 3.38. The predicted molar refractivity (Wildman–Crippen MR) is 46.6 cm³/mol. The summed E-state index contributed by atoms with van der Waals surface area (Å²) in [5, 5.41) is 9.38. The van der Waals surface area contributed by atoms with Crippen LogP contribution in [0.5, 0.6) is 0 Å². The Morgan fingerprint density at radius 2 is 2.25 bits per heavy atom. The molecule has 1 heterocycles. The van der Waals surface area contributed by atoms with Gasteiger partial charge in [-0.05, 0) is 6.92 Å². The van der Waals surface area contributed by atoms with E-state index in [1.807, 2.05) is 0 Å². The zero-order chi connectivity index (χ0) is 9.41. The van der Waals surface area contributed by atoms with Crippen molar-refractivity contribution in [3.8, 4) is 0 Å². The topological polar surface area (TPSA) is 42.0 Å². The Labute approximate surface area is 85.5 Å². The molecule has 0 saturated carbocycles. The van der Waals surface area contributed by atoms with E-state index in [0.29, 0.717) is 0 Å². The molecular formula is C6H9Cl3O3. The van der Waals surface area contributed by atoms with E-state index in [1.54, 1.807) is 0 Å². The highest BCUT2D eigenvalue weighted by atomic mass is 35.5. The lowest BCUT2D eigenvalue weighted by Crippen LogP contribution is -2.28. The highest BCUT2D eigenvalue weighted by Gasteiger charge is 2.65. The molecule has 2 unspecified atom stereocenters.